The summed E-state index contributed by atoms with van der Waals surface area (Å²) in [7, 11) is -3.36. The van der Waals surface area contributed by atoms with E-state index in [1.165, 1.54) is 0 Å². The SMILES string of the molecule is Cc1ccc(C(=O)NC(C)C(C)C)cc1NS(C)(=O)=O. The lowest BCUT2D eigenvalue weighted by molar-refractivity contribution is 0.0930. The second-order valence-corrected chi connectivity index (χ2v) is 7.16. The van der Waals surface area contributed by atoms with Crippen LogP contribution in [0.5, 0.6) is 0 Å². The van der Waals surface area contributed by atoms with Gasteiger partial charge in [0.05, 0.1) is 11.9 Å². The second-order valence-electron chi connectivity index (χ2n) is 5.41. The Labute approximate surface area is 120 Å². The highest BCUT2D eigenvalue weighted by Gasteiger charge is 2.14. The molecule has 1 unspecified atom stereocenters. The summed E-state index contributed by atoms with van der Waals surface area (Å²) >= 11 is 0. The number of sulfonamides is 1. The first-order valence-corrected chi connectivity index (χ1v) is 8.38. The van der Waals surface area contributed by atoms with Gasteiger partial charge in [-0.25, -0.2) is 8.42 Å². The van der Waals surface area contributed by atoms with Crippen LogP contribution in [0.15, 0.2) is 18.2 Å². The average Bonchev–Trinajstić information content (AvgIpc) is 2.29. The first-order valence-electron chi connectivity index (χ1n) is 6.49. The van der Waals surface area contributed by atoms with Crippen molar-refractivity contribution in [2.24, 2.45) is 5.92 Å². The summed E-state index contributed by atoms with van der Waals surface area (Å²) in [4.78, 5) is 12.1. The molecule has 1 aromatic rings. The molecule has 0 bridgehead atoms. The molecule has 0 fully saturated rings. The Morgan fingerprint density at radius 1 is 1.20 bits per heavy atom. The van der Waals surface area contributed by atoms with Crippen LogP contribution in [0, 0.1) is 12.8 Å². The van der Waals surface area contributed by atoms with Gasteiger partial charge in [-0.15, -0.1) is 0 Å². The summed E-state index contributed by atoms with van der Waals surface area (Å²) in [5, 5.41) is 2.89. The van der Waals surface area contributed by atoms with E-state index in [9.17, 15) is 13.2 Å². The van der Waals surface area contributed by atoms with E-state index in [0.29, 0.717) is 17.2 Å². The van der Waals surface area contributed by atoms with Gasteiger partial charge in [0.2, 0.25) is 10.0 Å². The molecule has 112 valence electrons. The minimum atomic E-state index is -3.36. The van der Waals surface area contributed by atoms with Crippen molar-refractivity contribution in [2.45, 2.75) is 33.7 Å². The summed E-state index contributed by atoms with van der Waals surface area (Å²) in [6.45, 7) is 7.77. The Balaban J connectivity index is 2.97. The summed E-state index contributed by atoms with van der Waals surface area (Å²) in [5.41, 5.74) is 1.63. The summed E-state index contributed by atoms with van der Waals surface area (Å²) < 4.78 is 25.0. The van der Waals surface area contributed by atoms with Gasteiger partial charge in [-0.05, 0) is 37.5 Å². The third kappa shape index (κ3) is 4.85. The quantitative estimate of drug-likeness (QED) is 0.874. The zero-order chi connectivity index (χ0) is 15.5. The number of nitrogens with one attached hydrogen (secondary N) is 2. The highest BCUT2D eigenvalue weighted by Crippen LogP contribution is 2.18. The molecule has 0 aliphatic carbocycles. The molecule has 5 nitrogen and oxygen atoms in total. The molecule has 1 aromatic carbocycles. The maximum absolute atomic E-state index is 12.1. The van der Waals surface area contributed by atoms with Crippen LogP contribution in [0.25, 0.3) is 0 Å². The van der Waals surface area contributed by atoms with Gasteiger partial charge in [-0.3, -0.25) is 9.52 Å². The molecule has 20 heavy (non-hydrogen) atoms. The van der Waals surface area contributed by atoms with E-state index in [1.54, 1.807) is 25.1 Å². The fraction of sp³-hybridized carbons (Fsp3) is 0.500. The van der Waals surface area contributed by atoms with Crippen molar-refractivity contribution in [3.63, 3.8) is 0 Å². The summed E-state index contributed by atoms with van der Waals surface area (Å²) in [6.07, 6.45) is 1.08. The number of hydrogen-bond acceptors (Lipinski definition) is 3. The molecule has 0 aliphatic heterocycles. The molecule has 0 saturated heterocycles. The number of rotatable bonds is 5. The Morgan fingerprint density at radius 3 is 2.30 bits per heavy atom. The molecule has 0 saturated carbocycles. The fourth-order valence-electron chi connectivity index (χ4n) is 1.53. The van der Waals surface area contributed by atoms with Gasteiger partial charge in [0.25, 0.3) is 5.91 Å². The molecule has 6 heteroatoms. The number of carbonyl (C=O) groups is 1. The van der Waals surface area contributed by atoms with Crippen molar-refractivity contribution in [1.29, 1.82) is 0 Å². The fourth-order valence-corrected chi connectivity index (χ4v) is 2.15. The van der Waals surface area contributed by atoms with Crippen LogP contribution < -0.4 is 10.0 Å². The van der Waals surface area contributed by atoms with Crippen LogP contribution in [0.2, 0.25) is 0 Å². The van der Waals surface area contributed by atoms with Gasteiger partial charge in [-0.1, -0.05) is 19.9 Å². The van der Waals surface area contributed by atoms with Gasteiger partial charge in [-0.2, -0.15) is 0 Å². The molecule has 0 spiro atoms. The Morgan fingerprint density at radius 2 is 1.80 bits per heavy atom. The third-order valence-electron chi connectivity index (χ3n) is 3.15. The first-order chi connectivity index (χ1) is 9.10. The van der Waals surface area contributed by atoms with E-state index in [2.05, 4.69) is 10.0 Å². The minimum absolute atomic E-state index is 0.0510. The summed E-state index contributed by atoms with van der Waals surface area (Å²) in [6, 6.07) is 5.02. The molecular formula is C14H22N2O3S. The smallest absolute Gasteiger partial charge is 0.251 e. The molecule has 2 N–H and O–H groups in total. The number of amides is 1. The Kier molecular flexibility index (Phi) is 5.16. The van der Waals surface area contributed by atoms with Gasteiger partial charge in [0, 0.05) is 11.6 Å². The molecule has 0 heterocycles. The van der Waals surface area contributed by atoms with E-state index in [-0.39, 0.29) is 11.9 Å². The lowest BCUT2D eigenvalue weighted by atomic mass is 10.1. The number of hydrogen-bond donors (Lipinski definition) is 2. The Bertz CT molecular complexity index is 594. The maximum Gasteiger partial charge on any atom is 0.251 e. The van der Waals surface area contributed by atoms with Crippen molar-refractivity contribution in [2.75, 3.05) is 11.0 Å². The van der Waals surface area contributed by atoms with Crippen LogP contribution >= 0.6 is 0 Å². The molecule has 1 amide bonds. The predicted octanol–water partition coefficient (Wildman–Crippen LogP) is 2.14. The van der Waals surface area contributed by atoms with E-state index >= 15 is 0 Å². The predicted molar refractivity (Wildman–Crippen MR) is 81.4 cm³/mol. The van der Waals surface area contributed by atoms with Crippen molar-refractivity contribution in [1.82, 2.24) is 5.32 Å². The van der Waals surface area contributed by atoms with Crippen molar-refractivity contribution >= 4 is 21.6 Å². The zero-order valence-electron chi connectivity index (χ0n) is 12.5. The van der Waals surface area contributed by atoms with Crippen molar-refractivity contribution < 1.29 is 13.2 Å². The van der Waals surface area contributed by atoms with E-state index < -0.39 is 10.0 Å². The zero-order valence-corrected chi connectivity index (χ0v) is 13.3. The lowest BCUT2D eigenvalue weighted by Gasteiger charge is -2.18. The van der Waals surface area contributed by atoms with Crippen LogP contribution in [-0.4, -0.2) is 26.6 Å². The third-order valence-corrected chi connectivity index (χ3v) is 3.74. The molecule has 0 aliphatic rings. The van der Waals surface area contributed by atoms with E-state index in [0.717, 1.165) is 11.8 Å². The van der Waals surface area contributed by atoms with Crippen LogP contribution in [0.3, 0.4) is 0 Å². The standard InChI is InChI=1S/C14H22N2O3S/c1-9(2)11(4)15-14(17)12-7-6-10(3)13(8-12)16-20(5,18)19/h6-9,11,16H,1-5H3,(H,15,17). The van der Waals surface area contributed by atoms with Crippen molar-refractivity contribution in [3.8, 4) is 0 Å². The number of aryl methyl sites for hydroxylation is 1. The number of carbonyl (C=O) groups excluding carboxylic acids is 1. The lowest BCUT2D eigenvalue weighted by Crippen LogP contribution is -2.36. The molecule has 1 atom stereocenters. The van der Waals surface area contributed by atoms with Gasteiger partial charge < -0.3 is 5.32 Å². The van der Waals surface area contributed by atoms with Crippen molar-refractivity contribution in [3.05, 3.63) is 29.3 Å². The van der Waals surface area contributed by atoms with Crippen LogP contribution in [0.1, 0.15) is 36.7 Å². The maximum atomic E-state index is 12.1. The van der Waals surface area contributed by atoms with Crippen LogP contribution in [0.4, 0.5) is 5.69 Å². The molecule has 0 aromatic heterocycles. The number of benzene rings is 1. The van der Waals surface area contributed by atoms with E-state index in [4.69, 9.17) is 0 Å². The summed E-state index contributed by atoms with van der Waals surface area (Å²) in [5.74, 6) is 0.126. The average molecular weight is 298 g/mol. The van der Waals surface area contributed by atoms with Crippen LogP contribution in [-0.2, 0) is 10.0 Å². The largest absolute Gasteiger partial charge is 0.349 e. The molecule has 1 rings (SSSR count). The highest BCUT2D eigenvalue weighted by atomic mass is 32.2. The first kappa shape index (κ1) is 16.5. The minimum Gasteiger partial charge on any atom is -0.349 e. The van der Waals surface area contributed by atoms with Gasteiger partial charge >= 0.3 is 0 Å². The van der Waals surface area contributed by atoms with E-state index in [1.807, 2.05) is 20.8 Å². The molecular weight excluding hydrogens is 276 g/mol. The molecule has 0 radical (unpaired) electrons. The van der Waals surface area contributed by atoms with Gasteiger partial charge in [0.15, 0.2) is 0 Å². The number of anilines is 1. The normalized spacial score (nSPS) is 13.1. The monoisotopic (exact) mass is 298 g/mol. The van der Waals surface area contributed by atoms with Gasteiger partial charge in [0.1, 0.15) is 0 Å². The topological polar surface area (TPSA) is 75.3 Å². The highest BCUT2D eigenvalue weighted by molar-refractivity contribution is 7.92. The Hall–Kier alpha value is -1.56. The second kappa shape index (κ2) is 6.26.